The van der Waals surface area contributed by atoms with Gasteiger partial charge in [-0.1, -0.05) is 23.4 Å². The Hall–Kier alpha value is -1.65. The van der Waals surface area contributed by atoms with Crippen LogP contribution in [0.1, 0.15) is 0 Å². The van der Waals surface area contributed by atoms with Crippen molar-refractivity contribution in [1.82, 2.24) is 9.62 Å². The van der Waals surface area contributed by atoms with Crippen LogP contribution in [0.5, 0.6) is 0 Å². The third-order valence-corrected chi connectivity index (χ3v) is 6.11. The van der Waals surface area contributed by atoms with Crippen LogP contribution in [0.3, 0.4) is 0 Å². The highest BCUT2D eigenvalue weighted by atomic mass is 35.5. The summed E-state index contributed by atoms with van der Waals surface area (Å²) in [5.41, 5.74) is -0.263. The minimum absolute atomic E-state index is 0.136. The lowest BCUT2D eigenvalue weighted by atomic mass is 10.3. The minimum atomic E-state index is -3.82. The zero-order valence-electron chi connectivity index (χ0n) is 14.2. The van der Waals surface area contributed by atoms with E-state index in [9.17, 15) is 18.5 Å². The average molecular weight is 416 g/mol. The Morgan fingerprint density at radius 2 is 1.85 bits per heavy atom. The molecule has 26 heavy (non-hydrogen) atoms. The molecule has 0 aromatic heterocycles. The van der Waals surface area contributed by atoms with Gasteiger partial charge >= 0.3 is 0 Å². The Balaban J connectivity index is 2.27. The summed E-state index contributed by atoms with van der Waals surface area (Å²) in [7, 11) is -0.172. The maximum Gasteiger partial charge on any atom is 0.284 e. The number of likely N-dealkylation sites (N-methyl/N-ethyl adjacent to an activating group) is 1. The van der Waals surface area contributed by atoms with Gasteiger partial charge < -0.3 is 4.90 Å². The zero-order valence-corrected chi connectivity index (χ0v) is 16.6. The molecule has 0 aliphatic carbocycles. The van der Waals surface area contributed by atoms with Gasteiger partial charge in [-0.3, -0.25) is 10.1 Å². The first-order valence-corrected chi connectivity index (χ1v) is 10.2. The lowest BCUT2D eigenvalue weighted by molar-refractivity contribution is -0.388. The molecule has 0 unspecified atom stereocenters. The molecule has 1 N–H and O–H groups in total. The Kier molecular flexibility index (Phi) is 7.01. The molecule has 0 spiro atoms. The number of benzene rings is 2. The van der Waals surface area contributed by atoms with Crippen LogP contribution in [0.2, 0.25) is 5.02 Å². The van der Waals surface area contributed by atoms with Crippen LogP contribution in [-0.4, -0.2) is 45.4 Å². The molecule has 0 radical (unpaired) electrons. The van der Waals surface area contributed by atoms with Crippen molar-refractivity contribution in [3.63, 3.8) is 0 Å². The molecule has 7 nitrogen and oxygen atoms in total. The smallest absolute Gasteiger partial charge is 0.284 e. The van der Waals surface area contributed by atoms with Crippen molar-refractivity contribution in [3.8, 4) is 0 Å². The molecule has 2 aromatic rings. The standard InChI is InChI=1S/C16H18ClN3O4S2/c1-19(2)10-9-18-26(23,24)14-7-8-16(15(11-14)20(21)22)25-13-5-3-12(17)4-6-13/h3-8,11,18H,9-10H2,1-2H3. The second-order valence-electron chi connectivity index (χ2n) is 5.64. The van der Waals surface area contributed by atoms with Crippen molar-refractivity contribution < 1.29 is 13.3 Å². The minimum Gasteiger partial charge on any atom is -0.308 e. The van der Waals surface area contributed by atoms with E-state index in [0.717, 1.165) is 11.0 Å². The molecule has 140 valence electrons. The first kappa shape index (κ1) is 20.7. The van der Waals surface area contributed by atoms with Crippen LogP contribution in [0, 0.1) is 10.1 Å². The fourth-order valence-corrected chi connectivity index (χ4v) is 4.08. The summed E-state index contributed by atoms with van der Waals surface area (Å²) in [6, 6.07) is 10.7. The highest BCUT2D eigenvalue weighted by molar-refractivity contribution is 7.99. The van der Waals surface area contributed by atoms with Crippen molar-refractivity contribution in [3.05, 3.63) is 57.6 Å². The van der Waals surface area contributed by atoms with E-state index in [2.05, 4.69) is 4.72 Å². The van der Waals surface area contributed by atoms with Gasteiger partial charge in [-0.15, -0.1) is 0 Å². The molecule has 10 heteroatoms. The molecular weight excluding hydrogens is 398 g/mol. The van der Waals surface area contributed by atoms with Crippen molar-refractivity contribution in [2.75, 3.05) is 27.2 Å². The summed E-state index contributed by atoms with van der Waals surface area (Å²) in [4.78, 5) is 13.6. The Morgan fingerprint density at radius 1 is 1.19 bits per heavy atom. The number of hydrogen-bond donors (Lipinski definition) is 1. The van der Waals surface area contributed by atoms with Gasteiger partial charge in [-0.2, -0.15) is 0 Å². The number of nitro benzene ring substituents is 1. The molecule has 2 aromatic carbocycles. The van der Waals surface area contributed by atoms with E-state index in [1.807, 2.05) is 19.0 Å². The second kappa shape index (κ2) is 8.83. The quantitative estimate of drug-likeness (QED) is 0.525. The first-order valence-electron chi connectivity index (χ1n) is 7.55. The number of nitrogens with one attached hydrogen (secondary N) is 1. The number of nitrogens with zero attached hydrogens (tertiary/aromatic N) is 2. The molecule has 0 heterocycles. The van der Waals surface area contributed by atoms with E-state index in [1.54, 1.807) is 24.3 Å². The van der Waals surface area contributed by atoms with Gasteiger partial charge in [0, 0.05) is 29.1 Å². The molecule has 0 saturated heterocycles. The van der Waals surface area contributed by atoms with Crippen molar-refractivity contribution >= 4 is 39.1 Å². The van der Waals surface area contributed by atoms with Crippen LogP contribution in [0.4, 0.5) is 5.69 Å². The third kappa shape index (κ3) is 5.68. The molecule has 0 atom stereocenters. The number of sulfonamides is 1. The lowest BCUT2D eigenvalue weighted by Crippen LogP contribution is -2.31. The van der Waals surface area contributed by atoms with Crippen molar-refractivity contribution in [2.24, 2.45) is 0 Å². The van der Waals surface area contributed by atoms with Crippen molar-refractivity contribution in [2.45, 2.75) is 14.7 Å². The van der Waals surface area contributed by atoms with E-state index in [1.165, 1.54) is 23.9 Å². The number of hydrogen-bond acceptors (Lipinski definition) is 6. The molecule has 0 aliphatic heterocycles. The van der Waals surface area contributed by atoms with Gasteiger partial charge in [0.1, 0.15) is 0 Å². The molecule has 0 saturated carbocycles. The Morgan fingerprint density at radius 3 is 2.42 bits per heavy atom. The van der Waals surface area contributed by atoms with Gasteiger partial charge in [0.15, 0.2) is 0 Å². The number of nitro groups is 1. The third-order valence-electron chi connectivity index (χ3n) is 3.33. The Bertz CT molecular complexity index is 887. The van der Waals surface area contributed by atoms with Crippen LogP contribution in [0.25, 0.3) is 0 Å². The fourth-order valence-electron chi connectivity index (χ4n) is 2.01. The second-order valence-corrected chi connectivity index (χ2v) is 8.96. The normalized spacial score (nSPS) is 11.7. The summed E-state index contributed by atoms with van der Waals surface area (Å²) < 4.78 is 27.1. The van der Waals surface area contributed by atoms with Gasteiger partial charge in [-0.25, -0.2) is 13.1 Å². The zero-order chi connectivity index (χ0) is 19.3. The maximum absolute atomic E-state index is 12.3. The van der Waals surface area contributed by atoms with E-state index in [0.29, 0.717) is 16.5 Å². The fraction of sp³-hybridized carbons (Fsp3) is 0.250. The van der Waals surface area contributed by atoms with E-state index in [4.69, 9.17) is 11.6 Å². The highest BCUT2D eigenvalue weighted by Crippen LogP contribution is 2.36. The van der Waals surface area contributed by atoms with E-state index >= 15 is 0 Å². The average Bonchev–Trinajstić information content (AvgIpc) is 2.56. The Labute approximate surface area is 161 Å². The van der Waals surface area contributed by atoms with E-state index in [-0.39, 0.29) is 17.1 Å². The predicted molar refractivity (Wildman–Crippen MR) is 102 cm³/mol. The molecule has 0 fully saturated rings. The lowest BCUT2D eigenvalue weighted by Gasteiger charge is -2.11. The van der Waals surface area contributed by atoms with Crippen LogP contribution in [0.15, 0.2) is 57.2 Å². The number of rotatable bonds is 8. The predicted octanol–water partition coefficient (Wildman–Crippen LogP) is 3.24. The van der Waals surface area contributed by atoms with Crippen LogP contribution in [-0.2, 0) is 10.0 Å². The monoisotopic (exact) mass is 415 g/mol. The molecule has 0 aliphatic rings. The molecule has 0 amide bonds. The first-order chi connectivity index (χ1) is 12.2. The molecule has 2 rings (SSSR count). The van der Waals surface area contributed by atoms with Gasteiger partial charge in [0.2, 0.25) is 10.0 Å². The highest BCUT2D eigenvalue weighted by Gasteiger charge is 2.21. The molecular formula is C16H18ClN3O4S2. The topological polar surface area (TPSA) is 92.6 Å². The molecule has 0 bridgehead atoms. The summed E-state index contributed by atoms with van der Waals surface area (Å²) in [5.74, 6) is 0. The summed E-state index contributed by atoms with van der Waals surface area (Å²) in [6.07, 6.45) is 0. The van der Waals surface area contributed by atoms with Crippen LogP contribution >= 0.6 is 23.4 Å². The van der Waals surface area contributed by atoms with E-state index < -0.39 is 14.9 Å². The van der Waals surface area contributed by atoms with Gasteiger partial charge in [0.25, 0.3) is 5.69 Å². The summed E-state index contributed by atoms with van der Waals surface area (Å²) >= 11 is 7.00. The number of halogens is 1. The van der Waals surface area contributed by atoms with Gasteiger partial charge in [0.05, 0.1) is 14.7 Å². The SMILES string of the molecule is CN(C)CCNS(=O)(=O)c1ccc(Sc2ccc(Cl)cc2)c([N+](=O)[O-])c1. The summed E-state index contributed by atoms with van der Waals surface area (Å²) in [6.45, 7) is 0.732. The maximum atomic E-state index is 12.3. The van der Waals surface area contributed by atoms with Crippen molar-refractivity contribution in [1.29, 1.82) is 0 Å². The summed E-state index contributed by atoms with van der Waals surface area (Å²) in [5, 5.41) is 12.0. The van der Waals surface area contributed by atoms with Crippen LogP contribution < -0.4 is 4.72 Å². The largest absolute Gasteiger partial charge is 0.308 e. The van der Waals surface area contributed by atoms with Gasteiger partial charge in [-0.05, 0) is 50.5 Å².